The van der Waals surface area contributed by atoms with E-state index in [0.29, 0.717) is 12.0 Å². The van der Waals surface area contributed by atoms with Gasteiger partial charge in [0.05, 0.1) is 6.17 Å². The Morgan fingerprint density at radius 2 is 1.93 bits per heavy atom. The minimum Gasteiger partial charge on any atom is -0.365 e. The highest BCUT2D eigenvalue weighted by Gasteiger charge is 2.46. The summed E-state index contributed by atoms with van der Waals surface area (Å²) in [6.45, 7) is 3.17. The zero-order valence-corrected chi connectivity index (χ0v) is 15.0. The molecule has 1 aromatic carbocycles. The Morgan fingerprint density at radius 1 is 1.30 bits per heavy atom. The first-order valence-electron chi connectivity index (χ1n) is 8.46. The fraction of sp³-hybridized carbons (Fsp3) is 0.444. The van der Waals surface area contributed by atoms with Crippen LogP contribution in [-0.4, -0.2) is 30.5 Å². The van der Waals surface area contributed by atoms with Crippen LogP contribution in [0.2, 0.25) is 0 Å². The summed E-state index contributed by atoms with van der Waals surface area (Å²) in [6.07, 6.45) is -3.44. The number of rotatable bonds is 6. The van der Waals surface area contributed by atoms with Crippen LogP contribution in [0.25, 0.3) is 0 Å². The van der Waals surface area contributed by atoms with Gasteiger partial charge in [-0.15, -0.1) is 0 Å². The van der Waals surface area contributed by atoms with Gasteiger partial charge in [0.15, 0.2) is 0 Å². The van der Waals surface area contributed by atoms with Gasteiger partial charge in [-0.3, -0.25) is 10.1 Å². The lowest BCUT2D eigenvalue weighted by Gasteiger charge is -2.40. The summed E-state index contributed by atoms with van der Waals surface area (Å²) in [7, 11) is 0. The normalized spacial score (nSPS) is 22.2. The standard InChI is InChI=1S/C18H22F4N4O/c1-3-13-8-14(18(20,21)22)26-15(25-13)17(2,10-23)16(27)24-9-11-4-6-12(19)7-5-11/h4-8,10,13,15,23,25-26H,3,9H2,1-2H3,(H,24,27). The lowest BCUT2D eigenvalue weighted by molar-refractivity contribution is -0.130. The molecule has 0 aromatic heterocycles. The second kappa shape index (κ2) is 8.08. The van der Waals surface area contributed by atoms with Crippen LogP contribution in [0.15, 0.2) is 36.0 Å². The Balaban J connectivity index is 2.16. The van der Waals surface area contributed by atoms with Gasteiger partial charge in [0.1, 0.15) is 16.9 Å². The quantitative estimate of drug-likeness (QED) is 0.449. The maximum absolute atomic E-state index is 13.2. The molecule has 1 amide bonds. The summed E-state index contributed by atoms with van der Waals surface area (Å²) in [5, 5.41) is 15.5. The Morgan fingerprint density at radius 3 is 2.44 bits per heavy atom. The second-order valence-corrected chi connectivity index (χ2v) is 6.57. The highest BCUT2D eigenvalue weighted by atomic mass is 19.4. The Kier molecular flexibility index (Phi) is 6.25. The summed E-state index contributed by atoms with van der Waals surface area (Å²) < 4.78 is 52.5. The van der Waals surface area contributed by atoms with Crippen molar-refractivity contribution in [3.63, 3.8) is 0 Å². The summed E-state index contributed by atoms with van der Waals surface area (Å²) in [6, 6.07) is 4.89. The van der Waals surface area contributed by atoms with E-state index < -0.39 is 41.2 Å². The highest BCUT2D eigenvalue weighted by Crippen LogP contribution is 2.30. The topological polar surface area (TPSA) is 77.0 Å². The van der Waals surface area contributed by atoms with Crippen molar-refractivity contribution in [2.75, 3.05) is 0 Å². The first kappa shape index (κ1) is 20.9. The first-order chi connectivity index (χ1) is 12.6. The number of alkyl halides is 3. The Bertz CT molecular complexity index is 717. The molecular weight excluding hydrogens is 364 g/mol. The van der Waals surface area contributed by atoms with Crippen LogP contribution in [0.5, 0.6) is 0 Å². The molecule has 5 nitrogen and oxygen atoms in total. The van der Waals surface area contributed by atoms with Gasteiger partial charge in [0.2, 0.25) is 5.91 Å². The van der Waals surface area contributed by atoms with Gasteiger partial charge in [0, 0.05) is 18.8 Å². The van der Waals surface area contributed by atoms with Crippen LogP contribution in [0, 0.1) is 16.6 Å². The lowest BCUT2D eigenvalue weighted by Crippen LogP contribution is -2.64. The summed E-state index contributed by atoms with van der Waals surface area (Å²) in [5.41, 5.74) is -1.88. The van der Waals surface area contributed by atoms with Crippen LogP contribution < -0.4 is 16.0 Å². The van der Waals surface area contributed by atoms with Crippen molar-refractivity contribution in [3.8, 4) is 0 Å². The van der Waals surface area contributed by atoms with E-state index in [1.54, 1.807) is 6.92 Å². The molecule has 2 rings (SSSR count). The number of amides is 1. The maximum Gasteiger partial charge on any atom is 0.430 e. The largest absolute Gasteiger partial charge is 0.430 e. The molecule has 0 saturated heterocycles. The van der Waals surface area contributed by atoms with Crippen LogP contribution in [0.1, 0.15) is 25.8 Å². The number of hydrogen-bond donors (Lipinski definition) is 4. The predicted molar refractivity (Wildman–Crippen MR) is 93.4 cm³/mol. The van der Waals surface area contributed by atoms with E-state index in [9.17, 15) is 22.4 Å². The zero-order valence-electron chi connectivity index (χ0n) is 15.0. The minimum atomic E-state index is -4.58. The second-order valence-electron chi connectivity index (χ2n) is 6.57. The third-order valence-corrected chi connectivity index (χ3v) is 4.55. The van der Waals surface area contributed by atoms with E-state index >= 15 is 0 Å². The smallest absolute Gasteiger partial charge is 0.365 e. The number of allylic oxidation sites excluding steroid dienone is 1. The van der Waals surface area contributed by atoms with Crippen molar-refractivity contribution in [1.29, 1.82) is 5.41 Å². The Hall–Kier alpha value is -2.42. The van der Waals surface area contributed by atoms with Gasteiger partial charge >= 0.3 is 6.18 Å². The summed E-state index contributed by atoms with van der Waals surface area (Å²) in [4.78, 5) is 12.7. The molecule has 1 aliphatic rings. The van der Waals surface area contributed by atoms with Crippen molar-refractivity contribution >= 4 is 12.1 Å². The van der Waals surface area contributed by atoms with E-state index in [4.69, 9.17) is 5.41 Å². The molecule has 0 bridgehead atoms. The fourth-order valence-corrected chi connectivity index (χ4v) is 2.70. The van der Waals surface area contributed by atoms with Crippen molar-refractivity contribution in [2.24, 2.45) is 5.41 Å². The van der Waals surface area contributed by atoms with Crippen molar-refractivity contribution < 1.29 is 22.4 Å². The van der Waals surface area contributed by atoms with E-state index in [1.807, 2.05) is 0 Å². The van der Waals surface area contributed by atoms with E-state index in [2.05, 4.69) is 16.0 Å². The van der Waals surface area contributed by atoms with Crippen LogP contribution >= 0.6 is 0 Å². The Labute approximate surface area is 154 Å². The third kappa shape index (κ3) is 4.85. The third-order valence-electron chi connectivity index (χ3n) is 4.55. The molecule has 0 aliphatic carbocycles. The van der Waals surface area contributed by atoms with Gasteiger partial charge < -0.3 is 16.0 Å². The van der Waals surface area contributed by atoms with Gasteiger partial charge in [-0.25, -0.2) is 4.39 Å². The molecule has 1 heterocycles. The van der Waals surface area contributed by atoms with Crippen LogP contribution in [0.3, 0.4) is 0 Å². The van der Waals surface area contributed by atoms with Crippen LogP contribution in [-0.2, 0) is 11.3 Å². The van der Waals surface area contributed by atoms with Gasteiger partial charge in [-0.05, 0) is 37.1 Å². The molecule has 4 N–H and O–H groups in total. The number of carbonyl (C=O) groups is 1. The average molecular weight is 386 g/mol. The van der Waals surface area contributed by atoms with Crippen LogP contribution in [0.4, 0.5) is 17.6 Å². The summed E-state index contributed by atoms with van der Waals surface area (Å²) >= 11 is 0. The molecule has 3 atom stereocenters. The van der Waals surface area contributed by atoms with Crippen molar-refractivity contribution in [2.45, 2.75) is 45.2 Å². The first-order valence-corrected chi connectivity index (χ1v) is 8.46. The molecule has 3 unspecified atom stereocenters. The average Bonchev–Trinajstić information content (AvgIpc) is 2.65. The SMILES string of the molecule is CCC1C=C(C(F)(F)F)NC(C(C)(C=N)C(=O)NCc2ccc(F)cc2)N1. The van der Waals surface area contributed by atoms with Crippen molar-refractivity contribution in [1.82, 2.24) is 16.0 Å². The number of benzene rings is 1. The van der Waals surface area contributed by atoms with E-state index in [0.717, 1.165) is 12.3 Å². The number of nitrogens with one attached hydrogen (secondary N) is 4. The van der Waals surface area contributed by atoms with Gasteiger partial charge in [-0.2, -0.15) is 13.2 Å². The number of halogens is 4. The molecule has 0 radical (unpaired) electrons. The molecule has 148 valence electrons. The minimum absolute atomic E-state index is 0.0639. The van der Waals surface area contributed by atoms with E-state index in [-0.39, 0.29) is 6.54 Å². The van der Waals surface area contributed by atoms with Gasteiger partial charge in [0.25, 0.3) is 0 Å². The molecule has 0 saturated carbocycles. The molecule has 0 fully saturated rings. The van der Waals surface area contributed by atoms with E-state index in [1.165, 1.54) is 31.2 Å². The number of carbonyl (C=O) groups excluding carboxylic acids is 1. The summed E-state index contributed by atoms with van der Waals surface area (Å²) in [5.74, 6) is -1.04. The lowest BCUT2D eigenvalue weighted by atomic mass is 9.85. The molecule has 1 aliphatic heterocycles. The molecular formula is C18H22F4N4O. The maximum atomic E-state index is 13.2. The zero-order chi connectivity index (χ0) is 20.2. The predicted octanol–water partition coefficient (Wildman–Crippen LogP) is 2.84. The van der Waals surface area contributed by atoms with Gasteiger partial charge in [-0.1, -0.05) is 19.1 Å². The molecule has 9 heteroatoms. The highest BCUT2D eigenvalue weighted by molar-refractivity contribution is 5.98. The molecule has 0 spiro atoms. The number of hydrogen-bond acceptors (Lipinski definition) is 4. The van der Waals surface area contributed by atoms with Crippen molar-refractivity contribution in [3.05, 3.63) is 47.4 Å². The monoisotopic (exact) mass is 386 g/mol. The molecule has 27 heavy (non-hydrogen) atoms. The fourth-order valence-electron chi connectivity index (χ4n) is 2.70. The molecule has 1 aromatic rings.